The molecule has 0 unspecified atom stereocenters. The monoisotopic (exact) mass is 241 g/mol. The molecular formula is C16H16FN. The second-order valence-electron chi connectivity index (χ2n) is 4.87. The molecule has 1 aliphatic carbocycles. The summed E-state index contributed by atoms with van der Waals surface area (Å²) in [5.41, 5.74) is 2.41. The summed E-state index contributed by atoms with van der Waals surface area (Å²) in [4.78, 5) is 0. The Balaban J connectivity index is 1.55. The first kappa shape index (κ1) is 11.4. The minimum Gasteiger partial charge on any atom is -0.309 e. The molecule has 3 rings (SSSR count). The van der Waals surface area contributed by atoms with Crippen molar-refractivity contribution in [3.63, 3.8) is 0 Å². The number of rotatable bonds is 4. The van der Waals surface area contributed by atoms with E-state index in [1.807, 2.05) is 12.1 Å². The van der Waals surface area contributed by atoms with Crippen LogP contribution in [0.1, 0.15) is 23.5 Å². The van der Waals surface area contributed by atoms with Crippen LogP contribution in [0.25, 0.3) is 0 Å². The Kier molecular flexibility index (Phi) is 3.11. The molecule has 0 heterocycles. The smallest absolute Gasteiger partial charge is 0.123 e. The van der Waals surface area contributed by atoms with Gasteiger partial charge in [-0.3, -0.25) is 0 Å². The van der Waals surface area contributed by atoms with Crippen LogP contribution in [0.3, 0.4) is 0 Å². The summed E-state index contributed by atoms with van der Waals surface area (Å²) in [5, 5.41) is 3.48. The van der Waals surface area contributed by atoms with E-state index in [1.54, 1.807) is 12.1 Å². The summed E-state index contributed by atoms with van der Waals surface area (Å²) < 4.78 is 13.0. The molecular weight excluding hydrogens is 225 g/mol. The molecule has 2 heteroatoms. The Bertz CT molecular complexity index is 524. The number of hydrogen-bond donors (Lipinski definition) is 1. The third-order valence-electron chi connectivity index (χ3n) is 3.48. The molecule has 18 heavy (non-hydrogen) atoms. The van der Waals surface area contributed by atoms with Crippen LogP contribution in [0, 0.1) is 5.82 Å². The summed E-state index contributed by atoms with van der Waals surface area (Å²) in [6.45, 7) is 0.742. The Morgan fingerprint density at radius 1 is 1.06 bits per heavy atom. The summed E-state index contributed by atoms with van der Waals surface area (Å²) >= 11 is 0. The van der Waals surface area contributed by atoms with Crippen molar-refractivity contribution in [2.45, 2.75) is 24.9 Å². The summed E-state index contributed by atoms with van der Waals surface area (Å²) in [5.74, 6) is 0.462. The lowest BCUT2D eigenvalue weighted by Crippen LogP contribution is -2.17. The topological polar surface area (TPSA) is 12.0 Å². The van der Waals surface area contributed by atoms with Crippen LogP contribution in [-0.2, 0) is 6.54 Å². The van der Waals surface area contributed by atoms with Gasteiger partial charge in [-0.2, -0.15) is 0 Å². The van der Waals surface area contributed by atoms with Crippen LogP contribution in [0.2, 0.25) is 0 Å². The molecule has 0 aliphatic heterocycles. The van der Waals surface area contributed by atoms with Gasteiger partial charge in [-0.25, -0.2) is 4.39 Å². The van der Waals surface area contributed by atoms with Crippen molar-refractivity contribution < 1.29 is 4.39 Å². The van der Waals surface area contributed by atoms with Gasteiger partial charge in [-0.05, 0) is 29.7 Å². The molecule has 1 N–H and O–H groups in total. The van der Waals surface area contributed by atoms with Gasteiger partial charge in [0.15, 0.2) is 0 Å². The fourth-order valence-electron chi connectivity index (χ4n) is 2.39. The number of halogens is 1. The highest BCUT2D eigenvalue weighted by atomic mass is 19.1. The first-order chi connectivity index (χ1) is 8.83. The van der Waals surface area contributed by atoms with E-state index >= 15 is 0 Å². The molecule has 0 aromatic heterocycles. The lowest BCUT2D eigenvalue weighted by molar-refractivity contribution is 0.618. The maximum Gasteiger partial charge on any atom is 0.123 e. The normalized spacial score (nSPS) is 21.8. The van der Waals surface area contributed by atoms with Gasteiger partial charge in [0.1, 0.15) is 5.82 Å². The van der Waals surface area contributed by atoms with E-state index in [0.29, 0.717) is 12.0 Å². The van der Waals surface area contributed by atoms with Gasteiger partial charge in [0.05, 0.1) is 0 Å². The highest BCUT2D eigenvalue weighted by Crippen LogP contribution is 2.40. The van der Waals surface area contributed by atoms with Gasteiger partial charge in [0.2, 0.25) is 0 Å². The second kappa shape index (κ2) is 4.91. The Morgan fingerprint density at radius 2 is 1.89 bits per heavy atom. The predicted octanol–water partition coefficient (Wildman–Crippen LogP) is 3.47. The van der Waals surface area contributed by atoms with E-state index in [4.69, 9.17) is 0 Å². The molecule has 0 radical (unpaired) electrons. The zero-order chi connectivity index (χ0) is 12.4. The van der Waals surface area contributed by atoms with Crippen molar-refractivity contribution in [1.29, 1.82) is 0 Å². The minimum absolute atomic E-state index is 0.162. The third-order valence-corrected chi connectivity index (χ3v) is 3.48. The predicted molar refractivity (Wildman–Crippen MR) is 70.8 cm³/mol. The maximum absolute atomic E-state index is 13.0. The van der Waals surface area contributed by atoms with Gasteiger partial charge in [-0.15, -0.1) is 0 Å². The van der Waals surface area contributed by atoms with Crippen molar-refractivity contribution in [3.8, 4) is 0 Å². The third kappa shape index (κ3) is 2.59. The second-order valence-corrected chi connectivity index (χ2v) is 4.87. The maximum atomic E-state index is 13.0. The molecule has 0 bridgehead atoms. The lowest BCUT2D eigenvalue weighted by Gasteiger charge is -2.04. The Morgan fingerprint density at radius 3 is 2.67 bits per heavy atom. The van der Waals surface area contributed by atoms with Crippen LogP contribution < -0.4 is 5.32 Å². The molecule has 0 spiro atoms. The fourth-order valence-corrected chi connectivity index (χ4v) is 2.39. The Labute approximate surface area is 107 Å². The average Bonchev–Trinajstić information content (AvgIpc) is 3.17. The zero-order valence-corrected chi connectivity index (χ0v) is 10.1. The molecule has 1 nitrogen and oxygen atoms in total. The quantitative estimate of drug-likeness (QED) is 0.864. The first-order valence-corrected chi connectivity index (χ1v) is 6.36. The number of hydrogen-bond acceptors (Lipinski definition) is 1. The summed E-state index contributed by atoms with van der Waals surface area (Å²) in [7, 11) is 0. The molecule has 2 aromatic carbocycles. The fraction of sp³-hybridized carbons (Fsp3) is 0.250. The molecule has 0 amide bonds. The average molecular weight is 241 g/mol. The van der Waals surface area contributed by atoms with E-state index < -0.39 is 0 Å². The molecule has 0 saturated heterocycles. The summed E-state index contributed by atoms with van der Waals surface area (Å²) in [6.07, 6.45) is 1.18. The van der Waals surface area contributed by atoms with E-state index in [9.17, 15) is 4.39 Å². The van der Waals surface area contributed by atoms with Crippen molar-refractivity contribution in [1.82, 2.24) is 5.32 Å². The van der Waals surface area contributed by atoms with Crippen molar-refractivity contribution in [2.24, 2.45) is 0 Å². The van der Waals surface area contributed by atoms with Gasteiger partial charge < -0.3 is 5.32 Å². The van der Waals surface area contributed by atoms with Crippen molar-refractivity contribution in [2.75, 3.05) is 0 Å². The van der Waals surface area contributed by atoms with Gasteiger partial charge >= 0.3 is 0 Å². The van der Waals surface area contributed by atoms with E-state index in [2.05, 4.69) is 29.6 Å². The lowest BCUT2D eigenvalue weighted by atomic mass is 10.1. The molecule has 2 aromatic rings. The van der Waals surface area contributed by atoms with Crippen molar-refractivity contribution in [3.05, 3.63) is 71.5 Å². The van der Waals surface area contributed by atoms with Crippen molar-refractivity contribution >= 4 is 0 Å². The largest absolute Gasteiger partial charge is 0.309 e. The molecule has 1 aliphatic rings. The number of nitrogens with one attached hydrogen (secondary N) is 1. The standard InChI is InChI=1S/C16H16FN/c17-14-8-4-5-12(9-14)11-18-16-10-15(16)13-6-2-1-3-7-13/h1-9,15-16,18H,10-11H2/t15-,16+/m1/s1. The van der Waals surface area contributed by atoms with Gasteiger partial charge in [0.25, 0.3) is 0 Å². The van der Waals surface area contributed by atoms with E-state index in [0.717, 1.165) is 12.1 Å². The van der Waals surface area contributed by atoms with Crippen LogP contribution in [0.5, 0.6) is 0 Å². The van der Waals surface area contributed by atoms with Gasteiger partial charge in [-0.1, -0.05) is 42.5 Å². The number of benzene rings is 2. The molecule has 2 atom stereocenters. The SMILES string of the molecule is Fc1cccc(CN[C@H]2C[C@@H]2c2ccccc2)c1. The minimum atomic E-state index is -0.162. The van der Waals surface area contributed by atoms with E-state index in [1.165, 1.54) is 18.1 Å². The highest BCUT2D eigenvalue weighted by molar-refractivity contribution is 5.28. The molecule has 92 valence electrons. The molecule has 1 saturated carbocycles. The Hall–Kier alpha value is -1.67. The zero-order valence-electron chi connectivity index (χ0n) is 10.1. The first-order valence-electron chi connectivity index (χ1n) is 6.36. The van der Waals surface area contributed by atoms with Crippen LogP contribution in [0.4, 0.5) is 4.39 Å². The van der Waals surface area contributed by atoms with Crippen LogP contribution in [-0.4, -0.2) is 6.04 Å². The van der Waals surface area contributed by atoms with E-state index in [-0.39, 0.29) is 5.82 Å². The van der Waals surface area contributed by atoms with Gasteiger partial charge in [0, 0.05) is 18.5 Å². The van der Waals surface area contributed by atoms with Crippen LogP contribution in [0.15, 0.2) is 54.6 Å². The highest BCUT2D eigenvalue weighted by Gasteiger charge is 2.37. The summed E-state index contributed by atoms with van der Waals surface area (Å²) in [6, 6.07) is 17.9. The molecule has 1 fully saturated rings. The van der Waals surface area contributed by atoms with Crippen LogP contribution >= 0.6 is 0 Å².